The highest BCUT2D eigenvalue weighted by atomic mass is 32.1. The largest absolute Gasteiger partial charge is 0.506 e. The van der Waals surface area contributed by atoms with Crippen LogP contribution in [0.15, 0.2) is 144 Å². The number of aliphatic hydroxyl groups excluding tert-OH is 1. The number of esters is 1. The maximum atomic E-state index is 13.9. The van der Waals surface area contributed by atoms with E-state index in [1.54, 1.807) is 66.7 Å². The molecule has 2 atom stereocenters. The predicted octanol–water partition coefficient (Wildman–Crippen LogP) is 7.42. The van der Waals surface area contributed by atoms with Gasteiger partial charge in [0.2, 0.25) is 11.2 Å². The summed E-state index contributed by atoms with van der Waals surface area (Å²) in [6, 6.07) is 41.8. The number of benzene rings is 5. The number of amides is 1. The Morgan fingerprint density at radius 3 is 2.32 bits per heavy atom. The van der Waals surface area contributed by atoms with Crippen molar-refractivity contribution >= 4 is 34.1 Å². The normalized spacial score (nSPS) is 14.7. The van der Waals surface area contributed by atoms with Gasteiger partial charge in [-0.15, -0.1) is 11.3 Å². The number of methoxy groups -OCH3 is 1. The molecule has 5 aromatic carbocycles. The number of likely N-dealkylation sites (tertiary alicyclic amines) is 1. The topological polar surface area (TPSA) is 173 Å². The van der Waals surface area contributed by atoms with Gasteiger partial charge in [0, 0.05) is 52.0 Å². The van der Waals surface area contributed by atoms with E-state index in [4.69, 9.17) is 9.47 Å². The molecule has 0 spiro atoms. The predicted molar refractivity (Wildman–Crippen MR) is 252 cm³/mol. The molecule has 13 heteroatoms. The van der Waals surface area contributed by atoms with Gasteiger partial charge in [-0.1, -0.05) is 97.1 Å². The van der Waals surface area contributed by atoms with Crippen molar-refractivity contribution in [3.63, 3.8) is 0 Å². The van der Waals surface area contributed by atoms with E-state index in [-0.39, 0.29) is 41.8 Å². The van der Waals surface area contributed by atoms with Crippen LogP contribution in [0.4, 0.5) is 0 Å². The minimum Gasteiger partial charge on any atom is -0.506 e. The number of phenols is 1. The molecule has 1 amide bonds. The summed E-state index contributed by atoms with van der Waals surface area (Å²) < 4.78 is 11.5. The number of hydrogen-bond acceptors (Lipinski definition) is 11. The molecule has 0 saturated carbocycles. The van der Waals surface area contributed by atoms with E-state index < -0.39 is 17.7 Å². The van der Waals surface area contributed by atoms with Gasteiger partial charge in [-0.25, -0.2) is 4.79 Å². The summed E-state index contributed by atoms with van der Waals surface area (Å²) in [5, 5.41) is 40.1. The van der Waals surface area contributed by atoms with Crippen LogP contribution < -0.4 is 20.9 Å². The lowest BCUT2D eigenvalue weighted by Crippen LogP contribution is -2.40. The number of rotatable bonds is 17. The molecule has 1 aliphatic heterocycles. The molecule has 6 N–H and O–H groups in total. The van der Waals surface area contributed by atoms with E-state index in [1.165, 1.54) is 36.1 Å². The summed E-state index contributed by atoms with van der Waals surface area (Å²) in [6.45, 7) is 3.82. The second kappa shape index (κ2) is 20.5. The third kappa shape index (κ3) is 10.5. The van der Waals surface area contributed by atoms with E-state index in [2.05, 4.69) is 44.8 Å². The zero-order valence-corrected chi connectivity index (χ0v) is 36.9. The molecule has 3 heterocycles. The second-order valence-corrected chi connectivity index (χ2v) is 17.5. The number of hydrogen-bond donors (Lipinski definition) is 6. The first-order valence-electron chi connectivity index (χ1n) is 21.7. The monoisotopic (exact) mass is 892 g/mol. The Bertz CT molecular complexity index is 2790. The molecule has 0 bridgehead atoms. The summed E-state index contributed by atoms with van der Waals surface area (Å²) in [4.78, 5) is 45.9. The zero-order chi connectivity index (χ0) is 45.3. The van der Waals surface area contributed by atoms with E-state index in [0.717, 1.165) is 53.4 Å². The number of piperidine rings is 1. The molecule has 334 valence electrons. The van der Waals surface area contributed by atoms with E-state index in [0.29, 0.717) is 46.5 Å². The first kappa shape index (κ1) is 45.0. The van der Waals surface area contributed by atoms with Crippen molar-refractivity contribution in [3.8, 4) is 21.9 Å². The van der Waals surface area contributed by atoms with Gasteiger partial charge in [0.1, 0.15) is 11.5 Å². The van der Waals surface area contributed by atoms with Crippen molar-refractivity contribution in [2.75, 3.05) is 33.4 Å². The molecule has 1 aliphatic rings. The zero-order valence-electron chi connectivity index (χ0n) is 36.0. The molecule has 2 aromatic heterocycles. The number of aromatic amines is 1. The van der Waals surface area contributed by atoms with E-state index in [9.17, 15) is 29.7 Å². The Morgan fingerprint density at radius 2 is 1.58 bits per heavy atom. The van der Waals surface area contributed by atoms with Crippen LogP contribution in [0.25, 0.3) is 21.3 Å². The first-order chi connectivity index (χ1) is 31.6. The number of ether oxygens (including phenoxy) is 2. The summed E-state index contributed by atoms with van der Waals surface area (Å²) >= 11 is 1.53. The Hall–Kier alpha value is -6.61. The lowest BCUT2D eigenvalue weighted by Gasteiger charge is -2.33. The smallest absolute Gasteiger partial charge is 0.347 e. The van der Waals surface area contributed by atoms with Gasteiger partial charge in [0.05, 0.1) is 31.9 Å². The summed E-state index contributed by atoms with van der Waals surface area (Å²) in [5.41, 5.74) is 2.72. The quantitative estimate of drug-likeness (QED) is 0.0506. The summed E-state index contributed by atoms with van der Waals surface area (Å²) in [5.74, 6) is -0.315. The number of nitrogens with one attached hydrogen (secondary N) is 3. The molecule has 1 fully saturated rings. The first-order valence-corrected chi connectivity index (χ1v) is 22.5. The van der Waals surface area contributed by atoms with E-state index in [1.807, 2.05) is 36.4 Å². The highest BCUT2D eigenvalue weighted by molar-refractivity contribution is 7.15. The second-order valence-electron chi connectivity index (χ2n) is 16.4. The van der Waals surface area contributed by atoms with Crippen LogP contribution in [0.1, 0.15) is 62.0 Å². The lowest BCUT2D eigenvalue weighted by atomic mass is 9.85. The van der Waals surface area contributed by atoms with Crippen LogP contribution in [0.2, 0.25) is 0 Å². The van der Waals surface area contributed by atoms with Crippen molar-refractivity contribution in [1.82, 2.24) is 20.5 Å². The van der Waals surface area contributed by atoms with Crippen molar-refractivity contribution in [1.29, 1.82) is 0 Å². The Labute approximate surface area is 381 Å². The van der Waals surface area contributed by atoms with Crippen LogP contribution in [0, 0.1) is 5.92 Å². The van der Waals surface area contributed by atoms with Crippen molar-refractivity contribution in [2.45, 2.75) is 44.2 Å². The highest BCUT2D eigenvalue weighted by Gasteiger charge is 2.42. The summed E-state index contributed by atoms with van der Waals surface area (Å²) in [7, 11) is 1.53. The fourth-order valence-electron chi connectivity index (χ4n) is 8.34. The minimum absolute atomic E-state index is 0.0778. The van der Waals surface area contributed by atoms with Gasteiger partial charge in [-0.2, -0.15) is 0 Å². The molecule has 0 unspecified atom stereocenters. The fraction of sp³-hybridized carbons (Fsp3) is 0.250. The number of aliphatic hydroxyl groups is 2. The molecule has 8 rings (SSSR count). The van der Waals surface area contributed by atoms with Gasteiger partial charge in [0.15, 0.2) is 0 Å². The van der Waals surface area contributed by atoms with Gasteiger partial charge >= 0.3 is 5.97 Å². The Kier molecular flexibility index (Phi) is 14.2. The molecule has 0 radical (unpaired) electrons. The minimum atomic E-state index is -1.99. The van der Waals surface area contributed by atoms with Crippen molar-refractivity contribution in [3.05, 3.63) is 188 Å². The molecule has 7 aromatic rings. The molecule has 12 nitrogen and oxygen atoms in total. The van der Waals surface area contributed by atoms with Gasteiger partial charge < -0.3 is 40.4 Å². The molecule has 1 saturated heterocycles. The van der Waals surface area contributed by atoms with Crippen LogP contribution in [-0.2, 0) is 34.8 Å². The number of carbonyl (C=O) groups excluding carboxylic acids is 2. The van der Waals surface area contributed by atoms with Crippen LogP contribution >= 0.6 is 11.3 Å². The third-order valence-electron chi connectivity index (χ3n) is 12.0. The lowest BCUT2D eigenvalue weighted by molar-refractivity contribution is -0.164. The maximum Gasteiger partial charge on any atom is 0.347 e. The standard InChI is InChI=1S/C52H52N4O8S/c1-63-46-28-37(12-13-38(46)29-53-31-45(58)42-19-21-44(57)49-43(42)20-23-48(59)55-49)50(60)54-30-41-18-22-47(65-41)36-14-16-40(17-15-36)52(62,39-10-6-3-7-11-39)51(61)64-33-35-24-26-56(27-25-35)32-34-8-4-2-5-9-34/h2-23,28,35,45,53,57-58,62H,24-27,29-33H2,1H3,(H,54,60)(H,55,59)/t45-,52-/m0/s1. The third-order valence-corrected chi connectivity index (χ3v) is 13.2. The molecular formula is C52H52N4O8S. The number of phenolic OH excluding ortho intramolecular Hbond substituents is 1. The van der Waals surface area contributed by atoms with Gasteiger partial charge in [-0.05, 0) is 96.1 Å². The number of pyridine rings is 1. The Balaban J connectivity index is 0.849. The fourth-order valence-corrected chi connectivity index (χ4v) is 9.29. The van der Waals surface area contributed by atoms with Crippen molar-refractivity contribution < 1.29 is 34.4 Å². The summed E-state index contributed by atoms with van der Waals surface area (Å²) in [6.07, 6.45) is 0.895. The van der Waals surface area contributed by atoms with Crippen molar-refractivity contribution in [2.24, 2.45) is 5.92 Å². The average Bonchev–Trinajstić information content (AvgIpc) is 3.83. The molecule has 65 heavy (non-hydrogen) atoms. The number of nitrogens with zero attached hydrogens (tertiary/aromatic N) is 1. The van der Waals surface area contributed by atoms with Crippen LogP contribution in [0.5, 0.6) is 11.5 Å². The van der Waals surface area contributed by atoms with E-state index >= 15 is 0 Å². The number of carbonyl (C=O) groups is 2. The number of H-pyrrole nitrogens is 1. The van der Waals surface area contributed by atoms with Crippen LogP contribution in [0.3, 0.4) is 0 Å². The average molecular weight is 893 g/mol. The number of fused-ring (bicyclic) bond motifs is 1. The highest BCUT2D eigenvalue weighted by Crippen LogP contribution is 2.35. The maximum absolute atomic E-state index is 13.9. The van der Waals surface area contributed by atoms with Crippen LogP contribution in [-0.4, -0.2) is 70.4 Å². The number of aromatic hydroxyl groups is 1. The molecule has 0 aliphatic carbocycles. The van der Waals surface area contributed by atoms with Gasteiger partial charge in [0.25, 0.3) is 5.91 Å². The number of aromatic nitrogens is 1. The SMILES string of the molecule is COc1cc(C(=O)NCc2ccc(-c3ccc([C@](O)(C(=O)OCC4CCN(Cc5ccccc5)CC4)c4ccccc4)cc3)s2)ccc1CNC[C@H](O)c1ccc(O)c2[nH]c(=O)ccc12. The van der Waals surface area contributed by atoms with Gasteiger partial charge in [-0.3, -0.25) is 14.5 Å². The molecular weight excluding hydrogens is 841 g/mol. The number of thiophene rings is 1. The Morgan fingerprint density at radius 1 is 0.862 bits per heavy atom.